The summed E-state index contributed by atoms with van der Waals surface area (Å²) in [5, 5.41) is 3.80. The van der Waals surface area contributed by atoms with Crippen molar-refractivity contribution in [2.24, 2.45) is 0 Å². The minimum atomic E-state index is 0.777. The maximum absolute atomic E-state index is 4.93. The first-order chi connectivity index (χ1) is 4.18. The van der Waals surface area contributed by atoms with E-state index in [2.05, 4.69) is 12.2 Å². The second kappa shape index (κ2) is 4.56. The Bertz CT molecular complexity index is 91.1. The van der Waals surface area contributed by atoms with Crippen molar-refractivity contribution < 1.29 is 0 Å². The number of nitrogens with zero attached hydrogens (tertiary/aromatic N) is 1. The Hall–Kier alpha value is -0.310. The molecule has 0 amide bonds. The highest BCUT2D eigenvalue weighted by molar-refractivity contribution is 7.80. The van der Waals surface area contributed by atoms with E-state index >= 15 is 0 Å². The predicted octanol–water partition coefficient (Wildman–Crippen LogP) is 0.647. The Labute approximate surface area is 62.2 Å². The molecule has 0 aromatic rings. The van der Waals surface area contributed by atoms with Crippen LogP contribution in [0.15, 0.2) is 0 Å². The molecular weight excluding hydrogens is 132 g/mol. The lowest BCUT2D eigenvalue weighted by molar-refractivity contribution is 0.601. The van der Waals surface area contributed by atoms with Gasteiger partial charge in [-0.1, -0.05) is 6.92 Å². The molecule has 0 aliphatic heterocycles. The maximum atomic E-state index is 4.93. The van der Waals surface area contributed by atoms with Gasteiger partial charge in [-0.05, 0) is 18.6 Å². The van der Waals surface area contributed by atoms with E-state index in [9.17, 15) is 0 Å². The number of nitrogens with one attached hydrogen (secondary N) is 1. The lowest BCUT2D eigenvalue weighted by atomic mass is 10.5. The van der Waals surface area contributed by atoms with Gasteiger partial charge >= 0.3 is 0 Å². The number of rotatable bonds is 2. The molecule has 0 saturated heterocycles. The first-order valence-corrected chi connectivity index (χ1v) is 3.33. The van der Waals surface area contributed by atoms with E-state index in [-0.39, 0.29) is 0 Å². The van der Waals surface area contributed by atoms with Gasteiger partial charge in [-0.3, -0.25) is 0 Å². The van der Waals surface area contributed by atoms with Crippen molar-refractivity contribution in [2.75, 3.05) is 20.6 Å². The van der Waals surface area contributed by atoms with E-state index in [0.29, 0.717) is 0 Å². The van der Waals surface area contributed by atoms with E-state index in [1.54, 1.807) is 0 Å². The molecule has 1 N–H and O–H groups in total. The Kier molecular flexibility index (Phi) is 4.40. The molecule has 0 atom stereocenters. The molecule has 0 heterocycles. The Balaban J connectivity index is 3.28. The van der Waals surface area contributed by atoms with Gasteiger partial charge in [0.2, 0.25) is 0 Å². The van der Waals surface area contributed by atoms with Crippen molar-refractivity contribution in [3.8, 4) is 0 Å². The minimum absolute atomic E-state index is 0.777. The molecule has 0 aliphatic rings. The van der Waals surface area contributed by atoms with Crippen molar-refractivity contribution in [1.29, 1.82) is 0 Å². The van der Waals surface area contributed by atoms with Crippen molar-refractivity contribution in [3.05, 3.63) is 6.92 Å². The summed E-state index contributed by atoms with van der Waals surface area (Å²) >= 11 is 4.93. The highest BCUT2D eigenvalue weighted by Gasteiger charge is 1.93. The van der Waals surface area contributed by atoms with Crippen LogP contribution < -0.4 is 5.32 Å². The van der Waals surface area contributed by atoms with Crippen LogP contribution in [0.1, 0.15) is 6.42 Å². The molecule has 0 bridgehead atoms. The fourth-order valence-corrected chi connectivity index (χ4v) is 0.455. The van der Waals surface area contributed by atoms with Crippen LogP contribution in [0.4, 0.5) is 0 Å². The van der Waals surface area contributed by atoms with Crippen molar-refractivity contribution in [1.82, 2.24) is 10.2 Å². The van der Waals surface area contributed by atoms with Gasteiger partial charge in [-0.15, -0.1) is 0 Å². The summed E-state index contributed by atoms with van der Waals surface area (Å²) in [6, 6.07) is 0. The molecular formula is C6H13N2S. The van der Waals surface area contributed by atoms with Crippen LogP contribution in [0.3, 0.4) is 0 Å². The zero-order valence-electron chi connectivity index (χ0n) is 5.98. The smallest absolute Gasteiger partial charge is 0.168 e. The monoisotopic (exact) mass is 145 g/mol. The third-order valence-corrected chi connectivity index (χ3v) is 1.37. The third kappa shape index (κ3) is 4.21. The standard InChI is InChI=1S/C6H13N2S/c1-4-5-7-6(9)8(2)3/h1,4-5H2,2-3H3,(H,7,9). The lowest BCUT2D eigenvalue weighted by Crippen LogP contribution is -2.34. The molecule has 9 heavy (non-hydrogen) atoms. The van der Waals surface area contributed by atoms with E-state index < -0.39 is 0 Å². The average Bonchev–Trinajstić information content (AvgIpc) is 1.82. The molecule has 0 rings (SSSR count). The summed E-state index contributed by atoms with van der Waals surface area (Å²) in [6.45, 7) is 4.53. The number of hydrogen-bond donors (Lipinski definition) is 1. The van der Waals surface area contributed by atoms with E-state index in [0.717, 1.165) is 18.1 Å². The maximum Gasteiger partial charge on any atom is 0.168 e. The number of hydrogen-bond acceptors (Lipinski definition) is 1. The van der Waals surface area contributed by atoms with Gasteiger partial charge in [0.15, 0.2) is 5.11 Å². The van der Waals surface area contributed by atoms with Crippen molar-refractivity contribution in [3.63, 3.8) is 0 Å². The fraction of sp³-hybridized carbons (Fsp3) is 0.667. The zero-order valence-corrected chi connectivity index (χ0v) is 6.79. The SMILES string of the molecule is [CH2]CCNC(=S)N(C)C. The molecule has 0 unspecified atom stereocenters. The Morgan fingerprint density at radius 3 is 2.56 bits per heavy atom. The molecule has 0 aliphatic carbocycles. The Morgan fingerprint density at radius 2 is 2.22 bits per heavy atom. The van der Waals surface area contributed by atoms with Crippen LogP contribution in [0.25, 0.3) is 0 Å². The fourth-order valence-electron chi connectivity index (χ4n) is 0.353. The molecule has 3 heteroatoms. The molecule has 0 aromatic heterocycles. The Morgan fingerprint density at radius 1 is 1.67 bits per heavy atom. The van der Waals surface area contributed by atoms with Gasteiger partial charge in [-0.25, -0.2) is 0 Å². The minimum Gasteiger partial charge on any atom is -0.363 e. The normalized spacial score (nSPS) is 8.78. The molecule has 0 spiro atoms. The van der Waals surface area contributed by atoms with Crippen LogP contribution >= 0.6 is 12.2 Å². The van der Waals surface area contributed by atoms with Crippen molar-refractivity contribution >= 4 is 17.3 Å². The van der Waals surface area contributed by atoms with Gasteiger partial charge in [-0.2, -0.15) is 0 Å². The van der Waals surface area contributed by atoms with Gasteiger partial charge in [0.05, 0.1) is 0 Å². The van der Waals surface area contributed by atoms with E-state index in [1.165, 1.54) is 0 Å². The third-order valence-electron chi connectivity index (χ3n) is 0.859. The first-order valence-electron chi connectivity index (χ1n) is 2.93. The molecule has 0 saturated carbocycles. The van der Waals surface area contributed by atoms with Crippen LogP contribution in [-0.2, 0) is 0 Å². The number of thiocarbonyl (C=S) groups is 1. The van der Waals surface area contributed by atoms with Crippen LogP contribution in [0.5, 0.6) is 0 Å². The highest BCUT2D eigenvalue weighted by Crippen LogP contribution is 1.78. The van der Waals surface area contributed by atoms with E-state index in [1.807, 2.05) is 19.0 Å². The predicted molar refractivity (Wildman–Crippen MR) is 44.3 cm³/mol. The van der Waals surface area contributed by atoms with Crippen molar-refractivity contribution in [2.45, 2.75) is 6.42 Å². The quantitative estimate of drug-likeness (QED) is 0.574. The summed E-state index contributed by atoms with van der Waals surface area (Å²) in [4.78, 5) is 1.87. The van der Waals surface area contributed by atoms with E-state index in [4.69, 9.17) is 12.2 Å². The summed E-state index contributed by atoms with van der Waals surface area (Å²) in [6.07, 6.45) is 0.869. The molecule has 2 nitrogen and oxygen atoms in total. The summed E-state index contributed by atoms with van der Waals surface area (Å²) < 4.78 is 0. The van der Waals surface area contributed by atoms with Gasteiger partial charge in [0, 0.05) is 20.6 Å². The largest absolute Gasteiger partial charge is 0.363 e. The first kappa shape index (κ1) is 8.69. The van der Waals surface area contributed by atoms with Gasteiger partial charge in [0.25, 0.3) is 0 Å². The average molecular weight is 145 g/mol. The summed E-state index contributed by atoms with van der Waals surface area (Å²) in [5.41, 5.74) is 0. The van der Waals surface area contributed by atoms with Crippen LogP contribution in [0.2, 0.25) is 0 Å². The van der Waals surface area contributed by atoms with Crippen LogP contribution in [-0.4, -0.2) is 30.7 Å². The second-order valence-corrected chi connectivity index (χ2v) is 2.37. The molecule has 53 valence electrons. The topological polar surface area (TPSA) is 15.3 Å². The molecule has 0 fully saturated rings. The highest BCUT2D eigenvalue weighted by atomic mass is 32.1. The zero-order chi connectivity index (χ0) is 7.28. The summed E-state index contributed by atoms with van der Waals surface area (Å²) in [5.74, 6) is 0. The lowest BCUT2D eigenvalue weighted by Gasteiger charge is -2.14. The molecule has 1 radical (unpaired) electrons. The van der Waals surface area contributed by atoms with Gasteiger partial charge in [0.1, 0.15) is 0 Å². The van der Waals surface area contributed by atoms with Crippen LogP contribution in [0, 0.1) is 6.92 Å². The second-order valence-electron chi connectivity index (χ2n) is 1.98. The molecule has 0 aromatic carbocycles. The summed E-state index contributed by atoms with van der Waals surface area (Å²) in [7, 11) is 3.83. The van der Waals surface area contributed by atoms with Gasteiger partial charge < -0.3 is 10.2 Å².